The summed E-state index contributed by atoms with van der Waals surface area (Å²) in [6.45, 7) is 8.99. The fourth-order valence-electron chi connectivity index (χ4n) is 2.05. The molecule has 0 aromatic carbocycles. The van der Waals surface area contributed by atoms with Crippen LogP contribution < -0.4 is 16.0 Å². The van der Waals surface area contributed by atoms with Crippen molar-refractivity contribution in [2.24, 2.45) is 0 Å². The minimum absolute atomic E-state index is 0.0106. The summed E-state index contributed by atoms with van der Waals surface area (Å²) >= 11 is 0. The predicted octanol–water partition coefficient (Wildman–Crippen LogP) is 0.550. The van der Waals surface area contributed by atoms with E-state index in [-0.39, 0.29) is 17.4 Å². The molecule has 0 radical (unpaired) electrons. The largest absolute Gasteiger partial charge is 0.354 e. The van der Waals surface area contributed by atoms with Gasteiger partial charge in [-0.05, 0) is 47.1 Å². The molecule has 0 aliphatic carbocycles. The third-order valence-electron chi connectivity index (χ3n) is 3.02. The molecule has 1 fully saturated rings. The number of amides is 2. The molecule has 1 aliphatic rings. The molecule has 0 aromatic rings. The number of hydrogen-bond acceptors (Lipinski definition) is 3. The van der Waals surface area contributed by atoms with Crippen LogP contribution in [0.25, 0.3) is 0 Å². The molecule has 1 atom stereocenters. The van der Waals surface area contributed by atoms with Gasteiger partial charge in [0, 0.05) is 18.5 Å². The molecule has 0 spiro atoms. The van der Waals surface area contributed by atoms with Crippen LogP contribution in [0.4, 0.5) is 0 Å². The maximum Gasteiger partial charge on any atom is 0.240 e. The van der Waals surface area contributed by atoms with E-state index in [1.807, 2.05) is 27.7 Å². The highest BCUT2D eigenvalue weighted by molar-refractivity contribution is 5.86. The first-order valence-corrected chi connectivity index (χ1v) is 6.57. The number of carbonyl (C=O) groups is 2. The van der Waals surface area contributed by atoms with Crippen molar-refractivity contribution in [3.05, 3.63) is 0 Å². The van der Waals surface area contributed by atoms with Crippen molar-refractivity contribution in [3.63, 3.8) is 0 Å². The van der Waals surface area contributed by atoms with E-state index in [2.05, 4.69) is 16.0 Å². The highest BCUT2D eigenvalue weighted by atomic mass is 16.2. The van der Waals surface area contributed by atoms with Crippen LogP contribution in [0.1, 0.15) is 47.0 Å². The van der Waals surface area contributed by atoms with E-state index in [0.717, 1.165) is 19.4 Å². The quantitative estimate of drug-likeness (QED) is 0.687. The molecule has 5 heteroatoms. The zero-order valence-corrected chi connectivity index (χ0v) is 11.9. The first-order chi connectivity index (χ1) is 8.23. The maximum atomic E-state index is 11.9. The summed E-state index contributed by atoms with van der Waals surface area (Å²) in [5, 5.41) is 8.88. The molecule has 0 bridgehead atoms. The lowest BCUT2D eigenvalue weighted by molar-refractivity contribution is -0.126. The SMILES string of the molecule is CC(C)(C)NC(=O)CCNC(=O)C1(C)CCCN1. The number of hydrogen-bond donors (Lipinski definition) is 3. The zero-order valence-electron chi connectivity index (χ0n) is 11.9. The van der Waals surface area contributed by atoms with E-state index in [1.54, 1.807) is 0 Å². The molecule has 0 saturated carbocycles. The molecule has 1 rings (SSSR count). The first kappa shape index (κ1) is 15.0. The Hall–Kier alpha value is -1.10. The van der Waals surface area contributed by atoms with Crippen LogP contribution in [0.2, 0.25) is 0 Å². The van der Waals surface area contributed by atoms with E-state index in [4.69, 9.17) is 0 Å². The highest BCUT2D eigenvalue weighted by Gasteiger charge is 2.35. The molecule has 0 aromatic heterocycles. The van der Waals surface area contributed by atoms with Crippen LogP contribution in [-0.2, 0) is 9.59 Å². The standard InChI is InChI=1S/C13H25N3O2/c1-12(2,3)16-10(17)6-9-14-11(18)13(4)7-5-8-15-13/h15H,5-9H2,1-4H3,(H,14,18)(H,16,17). The summed E-state index contributed by atoms with van der Waals surface area (Å²) in [5.74, 6) is -0.0455. The fraction of sp³-hybridized carbons (Fsp3) is 0.846. The Labute approximate surface area is 109 Å². The Morgan fingerprint density at radius 3 is 2.50 bits per heavy atom. The molecule has 1 unspecified atom stereocenters. The molecule has 1 heterocycles. The van der Waals surface area contributed by atoms with Crippen molar-refractivity contribution < 1.29 is 9.59 Å². The van der Waals surface area contributed by atoms with Crippen molar-refractivity contribution in [1.29, 1.82) is 0 Å². The van der Waals surface area contributed by atoms with Crippen LogP contribution in [0, 0.1) is 0 Å². The second-order valence-corrected chi connectivity index (χ2v) is 6.17. The van der Waals surface area contributed by atoms with Gasteiger partial charge >= 0.3 is 0 Å². The van der Waals surface area contributed by atoms with Crippen LogP contribution in [0.15, 0.2) is 0 Å². The van der Waals surface area contributed by atoms with Gasteiger partial charge in [-0.15, -0.1) is 0 Å². The van der Waals surface area contributed by atoms with Gasteiger partial charge in [-0.3, -0.25) is 9.59 Å². The predicted molar refractivity (Wildman–Crippen MR) is 71.2 cm³/mol. The van der Waals surface area contributed by atoms with Gasteiger partial charge in [-0.1, -0.05) is 0 Å². The summed E-state index contributed by atoms with van der Waals surface area (Å²) in [6.07, 6.45) is 2.19. The minimum atomic E-state index is -0.458. The Balaban J connectivity index is 2.25. The molecule has 1 aliphatic heterocycles. The van der Waals surface area contributed by atoms with Gasteiger partial charge < -0.3 is 16.0 Å². The first-order valence-electron chi connectivity index (χ1n) is 6.57. The van der Waals surface area contributed by atoms with Crippen LogP contribution in [0.3, 0.4) is 0 Å². The van der Waals surface area contributed by atoms with Crippen molar-refractivity contribution >= 4 is 11.8 Å². The van der Waals surface area contributed by atoms with E-state index < -0.39 is 5.54 Å². The third kappa shape index (κ3) is 4.64. The summed E-state index contributed by atoms with van der Waals surface area (Å²) < 4.78 is 0. The van der Waals surface area contributed by atoms with Crippen LogP contribution >= 0.6 is 0 Å². The molecular formula is C13H25N3O2. The third-order valence-corrected chi connectivity index (χ3v) is 3.02. The van der Waals surface area contributed by atoms with Crippen molar-refractivity contribution in [3.8, 4) is 0 Å². The average molecular weight is 255 g/mol. The Morgan fingerprint density at radius 1 is 1.33 bits per heavy atom. The maximum absolute atomic E-state index is 11.9. The molecule has 104 valence electrons. The Bertz CT molecular complexity index is 315. The van der Waals surface area contributed by atoms with Gasteiger partial charge in [0.15, 0.2) is 0 Å². The molecule has 1 saturated heterocycles. The lowest BCUT2D eigenvalue weighted by Crippen LogP contribution is -2.51. The second-order valence-electron chi connectivity index (χ2n) is 6.17. The smallest absolute Gasteiger partial charge is 0.240 e. The van der Waals surface area contributed by atoms with Crippen molar-refractivity contribution in [2.45, 2.75) is 58.0 Å². The topological polar surface area (TPSA) is 70.2 Å². The lowest BCUT2D eigenvalue weighted by Gasteiger charge is -2.23. The van der Waals surface area contributed by atoms with Crippen molar-refractivity contribution in [2.75, 3.05) is 13.1 Å². The van der Waals surface area contributed by atoms with Crippen molar-refractivity contribution in [1.82, 2.24) is 16.0 Å². The number of rotatable bonds is 4. The van der Waals surface area contributed by atoms with E-state index in [0.29, 0.717) is 13.0 Å². The van der Waals surface area contributed by atoms with Gasteiger partial charge in [0.2, 0.25) is 11.8 Å². The molecule has 18 heavy (non-hydrogen) atoms. The van der Waals surface area contributed by atoms with E-state index >= 15 is 0 Å². The zero-order chi connectivity index (χ0) is 13.8. The number of nitrogens with one attached hydrogen (secondary N) is 3. The van der Waals surface area contributed by atoms with E-state index in [9.17, 15) is 9.59 Å². The van der Waals surface area contributed by atoms with E-state index in [1.165, 1.54) is 0 Å². The summed E-state index contributed by atoms with van der Waals surface area (Å²) in [5.41, 5.74) is -0.680. The van der Waals surface area contributed by atoms with Gasteiger partial charge in [0.1, 0.15) is 0 Å². The van der Waals surface area contributed by atoms with Gasteiger partial charge in [0.25, 0.3) is 0 Å². The highest BCUT2D eigenvalue weighted by Crippen LogP contribution is 2.18. The summed E-state index contributed by atoms with van der Waals surface area (Å²) in [4.78, 5) is 23.5. The molecule has 3 N–H and O–H groups in total. The summed E-state index contributed by atoms with van der Waals surface area (Å²) in [6, 6.07) is 0. The Morgan fingerprint density at radius 2 is 2.00 bits per heavy atom. The second kappa shape index (κ2) is 5.69. The fourth-order valence-corrected chi connectivity index (χ4v) is 2.05. The van der Waals surface area contributed by atoms with Crippen LogP contribution in [-0.4, -0.2) is 36.0 Å². The van der Waals surface area contributed by atoms with Gasteiger partial charge in [0.05, 0.1) is 5.54 Å². The molecular weight excluding hydrogens is 230 g/mol. The van der Waals surface area contributed by atoms with Crippen LogP contribution in [0.5, 0.6) is 0 Å². The molecule has 2 amide bonds. The average Bonchev–Trinajstić information content (AvgIpc) is 2.63. The molecule has 5 nitrogen and oxygen atoms in total. The van der Waals surface area contributed by atoms with Gasteiger partial charge in [-0.25, -0.2) is 0 Å². The minimum Gasteiger partial charge on any atom is -0.354 e. The lowest BCUT2D eigenvalue weighted by atomic mass is 9.99. The monoisotopic (exact) mass is 255 g/mol. The normalized spacial score (nSPS) is 23.8. The number of carbonyl (C=O) groups excluding carboxylic acids is 2. The van der Waals surface area contributed by atoms with Gasteiger partial charge in [-0.2, -0.15) is 0 Å². The Kier molecular flexibility index (Phi) is 4.73. The summed E-state index contributed by atoms with van der Waals surface area (Å²) in [7, 11) is 0.